The van der Waals surface area contributed by atoms with Gasteiger partial charge in [-0.2, -0.15) is 0 Å². The van der Waals surface area contributed by atoms with E-state index < -0.39 is 19.9 Å². The maximum absolute atomic E-state index is 14.5. The summed E-state index contributed by atoms with van der Waals surface area (Å²) in [5.74, 6) is -1.23. The first kappa shape index (κ1) is 31.8. The Kier molecular flexibility index (Phi) is 12.7. The van der Waals surface area contributed by atoms with Crippen molar-refractivity contribution in [2.75, 3.05) is 6.61 Å². The molecule has 5 nitrogen and oxygen atoms in total. The summed E-state index contributed by atoms with van der Waals surface area (Å²) in [7, 11) is -1.26. The number of benzene rings is 2. The zero-order valence-corrected chi connectivity index (χ0v) is 25.8. The fourth-order valence-corrected chi connectivity index (χ4v) is 7.84. The third-order valence-corrected chi connectivity index (χ3v) is 11.2. The van der Waals surface area contributed by atoms with E-state index in [1.807, 2.05) is 0 Å². The normalized spacial score (nSPS) is 17.1. The van der Waals surface area contributed by atoms with Gasteiger partial charge in [0.25, 0.3) is 0 Å². The molecule has 3 rings (SSSR count). The van der Waals surface area contributed by atoms with Crippen LogP contribution in [0.3, 0.4) is 0 Å². The Labute approximate surface area is 240 Å². The maximum Gasteiger partial charge on any atom is 0.343 e. The van der Waals surface area contributed by atoms with Gasteiger partial charge in [0.1, 0.15) is 11.9 Å². The fourth-order valence-electron chi connectivity index (χ4n) is 5.18. The van der Waals surface area contributed by atoms with Crippen LogP contribution in [0.5, 0.6) is 11.5 Å². The first-order chi connectivity index (χ1) is 19.2. The molecule has 2 aromatic rings. The summed E-state index contributed by atoms with van der Waals surface area (Å²) in [6, 6.07) is 13.6. The quantitative estimate of drug-likeness (QED) is 0.0821. The topological polar surface area (TPSA) is 61.8 Å². The average molecular weight is 571 g/mol. The zero-order chi connectivity index (χ0) is 29.0. The van der Waals surface area contributed by atoms with Crippen LogP contribution >= 0.6 is 0 Å². The lowest BCUT2D eigenvalue weighted by Crippen LogP contribution is -2.26. The Bertz CT molecular complexity index is 1080. The van der Waals surface area contributed by atoms with E-state index in [0.717, 1.165) is 37.3 Å². The van der Waals surface area contributed by atoms with Crippen molar-refractivity contribution in [3.8, 4) is 11.5 Å². The molecule has 1 saturated heterocycles. The molecule has 0 aliphatic carbocycles. The molecule has 0 spiro atoms. The third-order valence-electron chi connectivity index (χ3n) is 7.83. The van der Waals surface area contributed by atoms with Crippen LogP contribution in [0.2, 0.25) is 25.2 Å². The van der Waals surface area contributed by atoms with E-state index in [4.69, 9.17) is 14.2 Å². The van der Waals surface area contributed by atoms with Gasteiger partial charge in [0.05, 0.1) is 18.1 Å². The number of hydrogen-bond donors (Lipinski definition) is 0. The molecule has 2 aromatic carbocycles. The lowest BCUT2D eigenvalue weighted by atomic mass is 9.95. The van der Waals surface area contributed by atoms with Crippen molar-refractivity contribution < 1.29 is 28.2 Å². The van der Waals surface area contributed by atoms with Crippen LogP contribution in [-0.2, 0) is 9.53 Å². The molecule has 1 aliphatic heterocycles. The molecular weight excluding hydrogens is 523 g/mol. The van der Waals surface area contributed by atoms with Crippen LogP contribution in [0.4, 0.5) is 4.39 Å². The Balaban J connectivity index is 1.47. The van der Waals surface area contributed by atoms with Gasteiger partial charge in [-0.3, -0.25) is 4.79 Å². The van der Waals surface area contributed by atoms with Crippen molar-refractivity contribution >= 4 is 20.0 Å². The summed E-state index contributed by atoms with van der Waals surface area (Å²) in [6.45, 7) is 9.71. The van der Waals surface area contributed by atoms with Gasteiger partial charge in [-0.15, -0.1) is 0 Å². The number of carbonyl (C=O) groups excluding carboxylic acids is 2. The van der Waals surface area contributed by atoms with Crippen molar-refractivity contribution in [2.45, 2.75) is 115 Å². The standard InChI is InChI=1S/C33H47FO5Si/c1-5-7-9-10-11-12-20-37-31-18-15-26(23-30(31)34)32(35)38-27-16-13-25(14-17-27)29-24-28(39-33(29)36)19-22-40(3,4)21-8-6-2/h13-18,23,28-29H,5-12,19-22,24H2,1-4H3/t28-,29-/m1/s1. The average Bonchev–Trinajstić information content (AvgIpc) is 3.32. The summed E-state index contributed by atoms with van der Waals surface area (Å²) in [5, 5.41) is 0. The van der Waals surface area contributed by atoms with Crippen molar-refractivity contribution in [3.63, 3.8) is 0 Å². The third kappa shape index (κ3) is 10.1. The number of rotatable bonds is 17. The molecule has 1 aliphatic rings. The summed E-state index contributed by atoms with van der Waals surface area (Å²) in [5.41, 5.74) is 0.966. The molecule has 7 heteroatoms. The highest BCUT2D eigenvalue weighted by atomic mass is 28.3. The van der Waals surface area contributed by atoms with Gasteiger partial charge < -0.3 is 14.2 Å². The molecule has 220 valence electrons. The lowest BCUT2D eigenvalue weighted by Gasteiger charge is -2.23. The first-order valence-electron chi connectivity index (χ1n) is 15.2. The van der Waals surface area contributed by atoms with Crippen LogP contribution in [-0.4, -0.2) is 32.7 Å². The highest BCUT2D eigenvalue weighted by Crippen LogP contribution is 2.35. The van der Waals surface area contributed by atoms with Crippen LogP contribution < -0.4 is 9.47 Å². The van der Waals surface area contributed by atoms with E-state index in [-0.39, 0.29) is 29.3 Å². The van der Waals surface area contributed by atoms with Crippen molar-refractivity contribution in [1.29, 1.82) is 0 Å². The first-order valence-corrected chi connectivity index (χ1v) is 18.6. The molecule has 0 unspecified atom stereocenters. The second-order valence-corrected chi connectivity index (χ2v) is 17.2. The highest BCUT2D eigenvalue weighted by molar-refractivity contribution is 6.77. The van der Waals surface area contributed by atoms with Gasteiger partial charge in [0, 0.05) is 14.5 Å². The Morgan fingerprint density at radius 2 is 1.65 bits per heavy atom. The van der Waals surface area contributed by atoms with Gasteiger partial charge in [-0.25, -0.2) is 9.18 Å². The number of unbranched alkanes of at least 4 members (excludes halogenated alkanes) is 6. The van der Waals surface area contributed by atoms with Crippen LogP contribution in [0.15, 0.2) is 42.5 Å². The summed E-state index contributed by atoms with van der Waals surface area (Å²) in [4.78, 5) is 25.2. The molecule has 0 bridgehead atoms. The molecule has 0 N–H and O–H groups in total. The number of ether oxygens (including phenoxy) is 3. The molecule has 1 fully saturated rings. The smallest absolute Gasteiger partial charge is 0.343 e. The van der Waals surface area contributed by atoms with Crippen molar-refractivity contribution in [1.82, 2.24) is 0 Å². The van der Waals surface area contributed by atoms with Gasteiger partial charge >= 0.3 is 11.9 Å². The predicted octanol–water partition coefficient (Wildman–Crippen LogP) is 9.08. The highest BCUT2D eigenvalue weighted by Gasteiger charge is 2.36. The SMILES string of the molecule is CCCCCCCCOc1ccc(C(=O)Oc2ccc([C@H]3C[C@@H](CC[Si](C)(C)CCCC)OC3=O)cc2)cc1F. The maximum atomic E-state index is 14.5. The number of esters is 2. The zero-order valence-electron chi connectivity index (χ0n) is 24.8. The van der Waals surface area contributed by atoms with E-state index >= 15 is 0 Å². The summed E-state index contributed by atoms with van der Waals surface area (Å²) in [6.07, 6.45) is 10.8. The molecular formula is C33H47FO5Si. The fraction of sp³-hybridized carbons (Fsp3) is 0.576. The molecule has 0 aromatic heterocycles. The second kappa shape index (κ2) is 15.9. The van der Waals surface area contributed by atoms with E-state index in [1.54, 1.807) is 24.3 Å². The lowest BCUT2D eigenvalue weighted by molar-refractivity contribution is -0.142. The largest absolute Gasteiger partial charge is 0.491 e. The molecule has 40 heavy (non-hydrogen) atoms. The summed E-state index contributed by atoms with van der Waals surface area (Å²) < 4.78 is 31.2. The van der Waals surface area contributed by atoms with Crippen LogP contribution in [0.1, 0.15) is 99.9 Å². The number of cyclic esters (lactones) is 1. The molecule has 0 saturated carbocycles. The minimum atomic E-state index is -1.26. The van der Waals surface area contributed by atoms with Crippen LogP contribution in [0.25, 0.3) is 0 Å². The van der Waals surface area contributed by atoms with Gasteiger partial charge in [0.15, 0.2) is 11.6 Å². The summed E-state index contributed by atoms with van der Waals surface area (Å²) >= 11 is 0. The monoisotopic (exact) mass is 570 g/mol. The van der Waals surface area contributed by atoms with Gasteiger partial charge in [0.2, 0.25) is 0 Å². The van der Waals surface area contributed by atoms with E-state index in [0.29, 0.717) is 18.8 Å². The Hall–Kier alpha value is -2.67. The minimum absolute atomic E-state index is 0.0314. The van der Waals surface area contributed by atoms with E-state index in [2.05, 4.69) is 26.9 Å². The number of halogens is 1. The predicted molar refractivity (Wildman–Crippen MR) is 161 cm³/mol. The number of carbonyl (C=O) groups is 2. The minimum Gasteiger partial charge on any atom is -0.491 e. The van der Waals surface area contributed by atoms with Crippen molar-refractivity contribution in [3.05, 3.63) is 59.4 Å². The van der Waals surface area contributed by atoms with Crippen LogP contribution in [0, 0.1) is 5.82 Å². The molecule has 2 atom stereocenters. The van der Waals surface area contributed by atoms with Gasteiger partial charge in [-0.05, 0) is 48.7 Å². The van der Waals surface area contributed by atoms with E-state index in [1.165, 1.54) is 56.3 Å². The number of hydrogen-bond acceptors (Lipinski definition) is 5. The molecule has 0 amide bonds. The van der Waals surface area contributed by atoms with E-state index in [9.17, 15) is 14.0 Å². The Morgan fingerprint density at radius 3 is 2.35 bits per heavy atom. The Morgan fingerprint density at radius 1 is 0.950 bits per heavy atom. The molecule has 0 radical (unpaired) electrons. The van der Waals surface area contributed by atoms with Crippen molar-refractivity contribution in [2.24, 2.45) is 0 Å². The van der Waals surface area contributed by atoms with Gasteiger partial charge in [-0.1, -0.05) is 96.1 Å². The second-order valence-electron chi connectivity index (χ2n) is 11.9. The molecule has 1 heterocycles.